The first kappa shape index (κ1) is 18.0. The zero-order chi connectivity index (χ0) is 18.4. The number of hydrogen-bond acceptors (Lipinski definition) is 5. The molecule has 0 bridgehead atoms. The highest BCUT2D eigenvalue weighted by atomic mass is 35.5. The van der Waals surface area contributed by atoms with Gasteiger partial charge in [-0.25, -0.2) is 0 Å². The summed E-state index contributed by atoms with van der Waals surface area (Å²) < 4.78 is 0. The number of carbonyl (C=O) groups excluding carboxylic acids is 2. The minimum absolute atomic E-state index is 0.0404. The summed E-state index contributed by atoms with van der Waals surface area (Å²) in [4.78, 5) is 23.4. The second-order valence-corrected chi connectivity index (χ2v) is 5.55. The number of amides is 1. The van der Waals surface area contributed by atoms with Crippen molar-refractivity contribution in [1.82, 2.24) is 0 Å². The van der Waals surface area contributed by atoms with Gasteiger partial charge in [-0.15, -0.1) is 0 Å². The number of anilines is 3. The Kier molecular flexibility index (Phi) is 5.77. The van der Waals surface area contributed by atoms with Crippen LogP contribution < -0.4 is 16.4 Å². The molecule has 25 heavy (non-hydrogen) atoms. The van der Waals surface area contributed by atoms with Crippen LogP contribution in [0.2, 0.25) is 5.02 Å². The van der Waals surface area contributed by atoms with Gasteiger partial charge < -0.3 is 16.4 Å². The Bertz CT molecular complexity index is 883. The molecule has 2 aromatic carbocycles. The Morgan fingerprint density at radius 2 is 1.80 bits per heavy atom. The molecule has 0 saturated heterocycles. The van der Waals surface area contributed by atoms with Gasteiger partial charge in [-0.2, -0.15) is 5.26 Å². The van der Waals surface area contributed by atoms with E-state index in [1.807, 2.05) is 6.07 Å². The number of hydrogen-bond donors (Lipinski definition) is 3. The second kappa shape index (κ2) is 7.99. The van der Waals surface area contributed by atoms with Gasteiger partial charge in [0.25, 0.3) is 5.91 Å². The van der Waals surface area contributed by atoms with Gasteiger partial charge in [0.15, 0.2) is 5.78 Å². The Labute approximate surface area is 149 Å². The molecular formula is C18H15ClN4O2. The fourth-order valence-electron chi connectivity index (χ4n) is 1.91. The van der Waals surface area contributed by atoms with Crippen molar-refractivity contribution in [3.63, 3.8) is 0 Å². The van der Waals surface area contributed by atoms with E-state index in [0.717, 1.165) is 0 Å². The Hall–Kier alpha value is -3.30. The molecule has 0 aliphatic carbocycles. The summed E-state index contributed by atoms with van der Waals surface area (Å²) in [5.74, 6) is -0.627. The van der Waals surface area contributed by atoms with Crippen LogP contribution in [0.4, 0.5) is 17.1 Å². The number of nitrogens with zero attached hydrogens (tertiary/aromatic N) is 1. The van der Waals surface area contributed by atoms with Crippen molar-refractivity contribution in [2.45, 2.75) is 6.92 Å². The van der Waals surface area contributed by atoms with E-state index in [-0.39, 0.29) is 11.4 Å². The van der Waals surface area contributed by atoms with Gasteiger partial charge in [-0.1, -0.05) is 11.6 Å². The molecule has 0 aliphatic rings. The standard InChI is InChI=1S/C18H15ClN4O2/c1-11(24)12-2-4-14(5-3-12)22-10-13(9-20)18(25)23-15-6-7-17(21)16(19)8-15/h2-8,10,22H,21H2,1H3,(H,23,25)/b13-10-. The van der Waals surface area contributed by atoms with Gasteiger partial charge in [-0.3, -0.25) is 9.59 Å². The molecule has 4 N–H and O–H groups in total. The number of Topliss-reactive ketones (excluding diaryl/α,β-unsaturated/α-hetero) is 1. The molecule has 2 rings (SSSR count). The lowest BCUT2D eigenvalue weighted by Crippen LogP contribution is -2.14. The number of nitriles is 1. The third kappa shape index (κ3) is 4.83. The Balaban J connectivity index is 2.08. The molecule has 0 saturated carbocycles. The molecule has 0 unspecified atom stereocenters. The SMILES string of the molecule is CC(=O)c1ccc(N/C=C(/C#N)C(=O)Nc2ccc(N)c(Cl)c2)cc1. The van der Waals surface area contributed by atoms with Crippen molar-refractivity contribution in [1.29, 1.82) is 5.26 Å². The predicted octanol–water partition coefficient (Wildman–Crippen LogP) is 3.58. The van der Waals surface area contributed by atoms with Crippen LogP contribution in [0, 0.1) is 11.3 Å². The van der Waals surface area contributed by atoms with E-state index in [9.17, 15) is 9.59 Å². The van der Waals surface area contributed by atoms with Crippen molar-refractivity contribution >= 4 is 40.4 Å². The highest BCUT2D eigenvalue weighted by Gasteiger charge is 2.10. The number of halogens is 1. The minimum Gasteiger partial charge on any atom is -0.398 e. The zero-order valence-corrected chi connectivity index (χ0v) is 14.1. The van der Waals surface area contributed by atoms with Gasteiger partial charge in [0.2, 0.25) is 0 Å². The molecule has 7 heteroatoms. The van der Waals surface area contributed by atoms with E-state index >= 15 is 0 Å². The lowest BCUT2D eigenvalue weighted by molar-refractivity contribution is -0.112. The van der Waals surface area contributed by atoms with Crippen LogP contribution in [0.3, 0.4) is 0 Å². The molecule has 0 spiro atoms. The normalized spacial score (nSPS) is 10.7. The molecule has 0 atom stereocenters. The third-order valence-corrected chi connectivity index (χ3v) is 3.63. The second-order valence-electron chi connectivity index (χ2n) is 5.14. The van der Waals surface area contributed by atoms with Gasteiger partial charge in [0.1, 0.15) is 11.6 Å². The number of carbonyl (C=O) groups is 2. The Morgan fingerprint density at radius 1 is 1.16 bits per heavy atom. The highest BCUT2D eigenvalue weighted by Crippen LogP contribution is 2.22. The first-order chi connectivity index (χ1) is 11.9. The van der Waals surface area contributed by atoms with Crippen LogP contribution in [0.1, 0.15) is 17.3 Å². The summed E-state index contributed by atoms with van der Waals surface area (Å²) in [5.41, 5.74) is 7.52. The van der Waals surface area contributed by atoms with Crippen molar-refractivity contribution in [2.75, 3.05) is 16.4 Å². The number of ketones is 1. The minimum atomic E-state index is -0.587. The Morgan fingerprint density at radius 3 is 2.36 bits per heavy atom. The summed E-state index contributed by atoms with van der Waals surface area (Å²) in [5, 5.41) is 14.9. The number of nitrogens with one attached hydrogen (secondary N) is 2. The average Bonchev–Trinajstić information content (AvgIpc) is 2.59. The van der Waals surface area contributed by atoms with Crippen LogP contribution in [-0.2, 0) is 4.79 Å². The first-order valence-corrected chi connectivity index (χ1v) is 7.62. The fraction of sp³-hybridized carbons (Fsp3) is 0.0556. The lowest BCUT2D eigenvalue weighted by atomic mass is 10.1. The van der Waals surface area contributed by atoms with Gasteiger partial charge in [-0.05, 0) is 49.4 Å². The number of benzene rings is 2. The highest BCUT2D eigenvalue weighted by molar-refractivity contribution is 6.33. The number of nitrogens with two attached hydrogens (primary N) is 1. The molecule has 0 heterocycles. The largest absolute Gasteiger partial charge is 0.398 e. The smallest absolute Gasteiger partial charge is 0.267 e. The summed E-state index contributed by atoms with van der Waals surface area (Å²) >= 11 is 5.89. The van der Waals surface area contributed by atoms with Gasteiger partial charge >= 0.3 is 0 Å². The molecule has 0 radical (unpaired) electrons. The van der Waals surface area contributed by atoms with E-state index in [2.05, 4.69) is 10.6 Å². The number of nitrogen functional groups attached to an aromatic ring is 1. The van der Waals surface area contributed by atoms with E-state index in [4.69, 9.17) is 22.6 Å². The molecule has 6 nitrogen and oxygen atoms in total. The van der Waals surface area contributed by atoms with E-state index in [1.54, 1.807) is 36.4 Å². The van der Waals surface area contributed by atoms with Crippen LogP contribution in [0.15, 0.2) is 54.2 Å². The van der Waals surface area contributed by atoms with E-state index < -0.39 is 5.91 Å². The maximum atomic E-state index is 12.1. The molecule has 1 amide bonds. The average molecular weight is 355 g/mol. The topological polar surface area (TPSA) is 108 Å². The quantitative estimate of drug-likeness (QED) is 0.329. The molecular weight excluding hydrogens is 340 g/mol. The first-order valence-electron chi connectivity index (χ1n) is 7.25. The van der Waals surface area contributed by atoms with Gasteiger partial charge in [0.05, 0.1) is 10.7 Å². The monoisotopic (exact) mass is 354 g/mol. The van der Waals surface area contributed by atoms with Crippen molar-refractivity contribution in [3.05, 3.63) is 64.8 Å². The van der Waals surface area contributed by atoms with Crippen LogP contribution in [-0.4, -0.2) is 11.7 Å². The third-order valence-electron chi connectivity index (χ3n) is 3.30. The zero-order valence-electron chi connectivity index (χ0n) is 13.3. The van der Waals surface area contributed by atoms with Crippen LogP contribution >= 0.6 is 11.6 Å². The summed E-state index contributed by atoms with van der Waals surface area (Å²) in [6.07, 6.45) is 1.29. The van der Waals surface area contributed by atoms with Crippen molar-refractivity contribution in [3.8, 4) is 6.07 Å². The van der Waals surface area contributed by atoms with Crippen LogP contribution in [0.5, 0.6) is 0 Å². The molecule has 0 fully saturated rings. The predicted molar refractivity (Wildman–Crippen MR) is 98.3 cm³/mol. The molecule has 126 valence electrons. The molecule has 2 aromatic rings. The van der Waals surface area contributed by atoms with Crippen molar-refractivity contribution in [2.24, 2.45) is 0 Å². The van der Waals surface area contributed by atoms with Gasteiger partial charge in [0, 0.05) is 23.1 Å². The molecule has 0 aromatic heterocycles. The molecule has 0 aliphatic heterocycles. The fourth-order valence-corrected chi connectivity index (χ4v) is 2.09. The maximum absolute atomic E-state index is 12.1. The van der Waals surface area contributed by atoms with E-state index in [0.29, 0.717) is 27.6 Å². The summed E-state index contributed by atoms with van der Waals surface area (Å²) in [6, 6.07) is 13.1. The van der Waals surface area contributed by atoms with E-state index in [1.165, 1.54) is 19.2 Å². The number of rotatable bonds is 5. The van der Waals surface area contributed by atoms with Crippen LogP contribution in [0.25, 0.3) is 0 Å². The van der Waals surface area contributed by atoms with Crippen molar-refractivity contribution < 1.29 is 9.59 Å². The summed E-state index contributed by atoms with van der Waals surface area (Å²) in [7, 11) is 0. The lowest BCUT2D eigenvalue weighted by Gasteiger charge is -2.07. The summed E-state index contributed by atoms with van der Waals surface area (Å²) in [6.45, 7) is 1.48. The maximum Gasteiger partial charge on any atom is 0.267 e.